The molecule has 2 rings (SSSR count). The second-order valence-electron chi connectivity index (χ2n) is 4.28. The molecule has 2 fully saturated rings. The van der Waals surface area contributed by atoms with Gasteiger partial charge in [-0.25, -0.2) is 0 Å². The van der Waals surface area contributed by atoms with Crippen LogP contribution in [0.25, 0.3) is 0 Å². The van der Waals surface area contributed by atoms with E-state index in [-0.39, 0.29) is 12.2 Å². The number of nitrogens with zero attached hydrogens (tertiary/aromatic N) is 1. The monoisotopic (exact) mass is 200 g/mol. The van der Waals surface area contributed by atoms with Crippen LogP contribution >= 0.6 is 0 Å². The van der Waals surface area contributed by atoms with Crippen molar-refractivity contribution in [3.63, 3.8) is 0 Å². The standard InChI is InChI=1S/C10H20N2O2/c1-14-10-7-12(6-9(10)13)8-2-4-11-5-3-8/h8-11,13H,2-7H2,1H3/t9-,10-/m1/s1. The molecule has 0 unspecified atom stereocenters. The first kappa shape index (κ1) is 10.4. The molecule has 2 aliphatic rings. The van der Waals surface area contributed by atoms with E-state index < -0.39 is 0 Å². The minimum atomic E-state index is -0.296. The molecule has 2 saturated heterocycles. The topological polar surface area (TPSA) is 44.7 Å². The minimum absolute atomic E-state index is 0.0184. The molecule has 0 aromatic heterocycles. The van der Waals surface area contributed by atoms with Crippen LogP contribution in [0.3, 0.4) is 0 Å². The van der Waals surface area contributed by atoms with Crippen LogP contribution in [-0.4, -0.2) is 61.5 Å². The zero-order valence-corrected chi connectivity index (χ0v) is 8.78. The van der Waals surface area contributed by atoms with Gasteiger partial charge in [-0.15, -0.1) is 0 Å². The molecule has 2 aliphatic heterocycles. The third kappa shape index (κ3) is 2.08. The first-order valence-electron chi connectivity index (χ1n) is 5.47. The van der Waals surface area contributed by atoms with Crippen molar-refractivity contribution in [2.75, 3.05) is 33.3 Å². The lowest BCUT2D eigenvalue weighted by molar-refractivity contribution is 0.0213. The van der Waals surface area contributed by atoms with E-state index >= 15 is 0 Å². The molecule has 0 radical (unpaired) electrons. The predicted molar refractivity (Wildman–Crippen MR) is 54.3 cm³/mol. The smallest absolute Gasteiger partial charge is 0.0969 e. The lowest BCUT2D eigenvalue weighted by Gasteiger charge is -2.31. The quantitative estimate of drug-likeness (QED) is 0.626. The second-order valence-corrected chi connectivity index (χ2v) is 4.28. The molecule has 0 spiro atoms. The molecule has 4 nitrogen and oxygen atoms in total. The molecule has 14 heavy (non-hydrogen) atoms. The van der Waals surface area contributed by atoms with Gasteiger partial charge in [0, 0.05) is 26.2 Å². The average molecular weight is 200 g/mol. The predicted octanol–water partition coefficient (Wildman–Crippen LogP) is -0.570. The minimum Gasteiger partial charge on any atom is -0.389 e. The van der Waals surface area contributed by atoms with Crippen LogP contribution in [-0.2, 0) is 4.74 Å². The lowest BCUT2D eigenvalue weighted by Crippen LogP contribution is -2.42. The Hall–Kier alpha value is -0.160. The normalized spacial score (nSPS) is 36.4. The van der Waals surface area contributed by atoms with E-state index in [1.54, 1.807) is 7.11 Å². The first-order valence-corrected chi connectivity index (χ1v) is 5.47. The highest BCUT2D eigenvalue weighted by atomic mass is 16.5. The number of aliphatic hydroxyl groups is 1. The van der Waals surface area contributed by atoms with E-state index in [4.69, 9.17) is 4.74 Å². The maximum atomic E-state index is 9.71. The summed E-state index contributed by atoms with van der Waals surface area (Å²) in [4.78, 5) is 2.37. The Labute approximate surface area is 85.2 Å². The summed E-state index contributed by atoms with van der Waals surface area (Å²) in [6, 6.07) is 0.644. The van der Waals surface area contributed by atoms with Crippen molar-refractivity contribution in [3.05, 3.63) is 0 Å². The van der Waals surface area contributed by atoms with E-state index in [2.05, 4.69) is 10.2 Å². The van der Waals surface area contributed by atoms with Gasteiger partial charge in [0.1, 0.15) is 0 Å². The summed E-state index contributed by atoms with van der Waals surface area (Å²) in [5, 5.41) is 13.1. The third-order valence-electron chi connectivity index (χ3n) is 3.39. The van der Waals surface area contributed by atoms with Crippen molar-refractivity contribution in [2.24, 2.45) is 0 Å². The van der Waals surface area contributed by atoms with Crippen LogP contribution in [0.2, 0.25) is 0 Å². The summed E-state index contributed by atoms with van der Waals surface area (Å²) in [5.74, 6) is 0. The van der Waals surface area contributed by atoms with Gasteiger partial charge < -0.3 is 15.2 Å². The average Bonchev–Trinajstić information content (AvgIpc) is 2.61. The zero-order valence-electron chi connectivity index (χ0n) is 8.78. The molecule has 82 valence electrons. The van der Waals surface area contributed by atoms with Gasteiger partial charge in [0.25, 0.3) is 0 Å². The van der Waals surface area contributed by atoms with E-state index in [0.717, 1.165) is 26.2 Å². The zero-order chi connectivity index (χ0) is 9.97. The maximum absolute atomic E-state index is 9.71. The fourth-order valence-electron chi connectivity index (χ4n) is 2.49. The van der Waals surface area contributed by atoms with Crippen molar-refractivity contribution in [1.82, 2.24) is 10.2 Å². The van der Waals surface area contributed by atoms with E-state index in [1.165, 1.54) is 12.8 Å². The van der Waals surface area contributed by atoms with Crippen molar-refractivity contribution >= 4 is 0 Å². The molecule has 0 bridgehead atoms. The summed E-state index contributed by atoms with van der Waals surface area (Å²) in [6.45, 7) is 3.88. The van der Waals surface area contributed by atoms with Crippen LogP contribution in [0.5, 0.6) is 0 Å². The number of β-amino-alcohol motifs (C(OH)–C–C–N with tert-alkyl or cyclic N) is 1. The van der Waals surface area contributed by atoms with E-state index in [9.17, 15) is 5.11 Å². The molecule has 0 aliphatic carbocycles. The van der Waals surface area contributed by atoms with Crippen LogP contribution in [0, 0.1) is 0 Å². The van der Waals surface area contributed by atoms with Gasteiger partial charge in [-0.1, -0.05) is 0 Å². The van der Waals surface area contributed by atoms with Gasteiger partial charge in [0.2, 0.25) is 0 Å². The lowest BCUT2D eigenvalue weighted by atomic mass is 10.1. The number of likely N-dealkylation sites (tertiary alicyclic amines) is 1. The van der Waals surface area contributed by atoms with Gasteiger partial charge >= 0.3 is 0 Å². The number of piperidine rings is 1. The molecule has 4 heteroatoms. The van der Waals surface area contributed by atoms with Gasteiger partial charge in [-0.05, 0) is 25.9 Å². The summed E-state index contributed by atoms with van der Waals surface area (Å²) in [5.41, 5.74) is 0. The van der Waals surface area contributed by atoms with Gasteiger partial charge in [0.05, 0.1) is 12.2 Å². The molecular formula is C10H20N2O2. The molecular weight excluding hydrogens is 180 g/mol. The highest BCUT2D eigenvalue weighted by Gasteiger charge is 2.35. The second kappa shape index (κ2) is 4.57. The van der Waals surface area contributed by atoms with Crippen molar-refractivity contribution in [2.45, 2.75) is 31.1 Å². The maximum Gasteiger partial charge on any atom is 0.0969 e. The van der Waals surface area contributed by atoms with E-state index in [1.807, 2.05) is 0 Å². The Kier molecular flexibility index (Phi) is 3.38. The summed E-state index contributed by atoms with van der Waals surface area (Å²) in [7, 11) is 1.68. The number of hydrogen-bond donors (Lipinski definition) is 2. The van der Waals surface area contributed by atoms with Gasteiger partial charge in [-0.2, -0.15) is 0 Å². The number of aliphatic hydroxyl groups excluding tert-OH is 1. The Balaban J connectivity index is 1.86. The van der Waals surface area contributed by atoms with Crippen molar-refractivity contribution in [3.8, 4) is 0 Å². The fraction of sp³-hybridized carbons (Fsp3) is 1.00. The number of ether oxygens (including phenoxy) is 1. The fourth-order valence-corrected chi connectivity index (χ4v) is 2.49. The molecule has 2 atom stereocenters. The Bertz CT molecular complexity index is 183. The Morgan fingerprint density at radius 3 is 2.57 bits per heavy atom. The number of methoxy groups -OCH3 is 1. The van der Waals surface area contributed by atoms with Gasteiger partial charge in [-0.3, -0.25) is 4.90 Å². The first-order chi connectivity index (χ1) is 6.81. The molecule has 2 N–H and O–H groups in total. The van der Waals surface area contributed by atoms with Crippen LogP contribution < -0.4 is 5.32 Å². The molecule has 0 amide bonds. The van der Waals surface area contributed by atoms with Crippen LogP contribution in [0.1, 0.15) is 12.8 Å². The summed E-state index contributed by atoms with van der Waals surface area (Å²) >= 11 is 0. The largest absolute Gasteiger partial charge is 0.389 e. The highest BCUT2D eigenvalue weighted by molar-refractivity contribution is 4.89. The number of hydrogen-bond acceptors (Lipinski definition) is 4. The summed E-state index contributed by atoms with van der Waals surface area (Å²) < 4.78 is 5.24. The number of rotatable bonds is 2. The van der Waals surface area contributed by atoms with Crippen molar-refractivity contribution in [1.29, 1.82) is 0 Å². The van der Waals surface area contributed by atoms with Crippen LogP contribution in [0.4, 0.5) is 0 Å². The van der Waals surface area contributed by atoms with Crippen molar-refractivity contribution < 1.29 is 9.84 Å². The van der Waals surface area contributed by atoms with Crippen LogP contribution in [0.15, 0.2) is 0 Å². The van der Waals surface area contributed by atoms with E-state index in [0.29, 0.717) is 6.04 Å². The molecule has 0 saturated carbocycles. The Morgan fingerprint density at radius 2 is 2.00 bits per heavy atom. The SMILES string of the molecule is CO[C@@H]1CN(C2CCNCC2)C[C@H]1O. The molecule has 0 aromatic rings. The highest BCUT2D eigenvalue weighted by Crippen LogP contribution is 2.20. The Morgan fingerprint density at radius 1 is 1.29 bits per heavy atom. The van der Waals surface area contributed by atoms with Gasteiger partial charge in [0.15, 0.2) is 0 Å². The number of nitrogens with one attached hydrogen (secondary N) is 1. The molecule has 2 heterocycles. The summed E-state index contributed by atoms with van der Waals surface area (Å²) in [6.07, 6.45) is 2.12. The third-order valence-corrected chi connectivity index (χ3v) is 3.39. The molecule has 0 aromatic carbocycles.